The molecule has 2 aromatic rings. The van der Waals surface area contributed by atoms with Crippen LogP contribution in [0.3, 0.4) is 0 Å². The normalized spacial score (nSPS) is 10.8. The van der Waals surface area contributed by atoms with Crippen molar-refractivity contribution in [3.05, 3.63) is 46.2 Å². The SMILES string of the molecule is CCc1nn(CC)c(COc2ccccc2CBr)c1Cl. The minimum Gasteiger partial charge on any atom is -0.487 e. The van der Waals surface area contributed by atoms with Crippen LogP contribution in [0.4, 0.5) is 0 Å². The van der Waals surface area contributed by atoms with Crippen LogP contribution < -0.4 is 4.74 Å². The van der Waals surface area contributed by atoms with Crippen LogP contribution in [0.2, 0.25) is 5.02 Å². The molecular weight excluding hydrogens is 340 g/mol. The molecule has 0 N–H and O–H groups in total. The molecule has 0 radical (unpaired) electrons. The maximum atomic E-state index is 6.38. The fraction of sp³-hybridized carbons (Fsp3) is 0.400. The summed E-state index contributed by atoms with van der Waals surface area (Å²) in [6.45, 7) is 5.33. The molecular formula is C15H18BrClN2O. The van der Waals surface area contributed by atoms with Crippen LogP contribution in [0, 0.1) is 0 Å². The molecule has 0 atom stereocenters. The smallest absolute Gasteiger partial charge is 0.131 e. The van der Waals surface area contributed by atoms with E-state index >= 15 is 0 Å². The van der Waals surface area contributed by atoms with Crippen molar-refractivity contribution >= 4 is 27.5 Å². The predicted octanol–water partition coefficient (Wildman–Crippen LogP) is 4.59. The molecule has 108 valence electrons. The van der Waals surface area contributed by atoms with Crippen molar-refractivity contribution in [1.82, 2.24) is 9.78 Å². The molecule has 1 heterocycles. The molecule has 5 heteroatoms. The van der Waals surface area contributed by atoms with E-state index in [4.69, 9.17) is 16.3 Å². The van der Waals surface area contributed by atoms with Crippen molar-refractivity contribution in [3.63, 3.8) is 0 Å². The highest BCUT2D eigenvalue weighted by atomic mass is 79.9. The van der Waals surface area contributed by atoms with E-state index in [1.54, 1.807) is 0 Å². The lowest BCUT2D eigenvalue weighted by molar-refractivity contribution is 0.290. The third kappa shape index (κ3) is 3.18. The van der Waals surface area contributed by atoms with E-state index in [0.717, 1.165) is 46.0 Å². The van der Waals surface area contributed by atoms with Gasteiger partial charge in [0.1, 0.15) is 12.4 Å². The highest BCUT2D eigenvalue weighted by molar-refractivity contribution is 9.08. The first kappa shape index (κ1) is 15.4. The highest BCUT2D eigenvalue weighted by Gasteiger charge is 2.15. The van der Waals surface area contributed by atoms with Crippen LogP contribution in [0.25, 0.3) is 0 Å². The van der Waals surface area contributed by atoms with Gasteiger partial charge in [-0.1, -0.05) is 52.7 Å². The van der Waals surface area contributed by atoms with Crippen LogP contribution in [0.1, 0.15) is 30.8 Å². The Labute approximate surface area is 133 Å². The van der Waals surface area contributed by atoms with Crippen LogP contribution in [-0.2, 0) is 24.9 Å². The fourth-order valence-electron chi connectivity index (χ4n) is 2.06. The van der Waals surface area contributed by atoms with Gasteiger partial charge in [-0.25, -0.2) is 0 Å². The van der Waals surface area contributed by atoms with Crippen LogP contribution in [-0.4, -0.2) is 9.78 Å². The molecule has 0 saturated carbocycles. The van der Waals surface area contributed by atoms with Gasteiger partial charge in [0, 0.05) is 17.4 Å². The molecule has 3 nitrogen and oxygen atoms in total. The first-order valence-corrected chi connectivity index (χ1v) is 8.21. The Morgan fingerprint density at radius 1 is 1.30 bits per heavy atom. The molecule has 2 rings (SSSR count). The van der Waals surface area contributed by atoms with Gasteiger partial charge in [0.2, 0.25) is 0 Å². The molecule has 0 aliphatic heterocycles. The second kappa shape index (κ2) is 7.14. The van der Waals surface area contributed by atoms with Gasteiger partial charge in [-0.15, -0.1) is 0 Å². The lowest BCUT2D eigenvalue weighted by Gasteiger charge is -2.11. The molecule has 20 heavy (non-hydrogen) atoms. The zero-order valence-electron chi connectivity index (χ0n) is 11.7. The van der Waals surface area contributed by atoms with Gasteiger partial charge in [-0.3, -0.25) is 4.68 Å². The van der Waals surface area contributed by atoms with Crippen molar-refractivity contribution in [1.29, 1.82) is 0 Å². The third-order valence-corrected chi connectivity index (χ3v) is 4.22. The number of rotatable bonds is 6. The van der Waals surface area contributed by atoms with Gasteiger partial charge in [-0.05, 0) is 19.4 Å². The standard InChI is InChI=1S/C15H18BrClN2O/c1-3-12-15(17)13(19(4-2)18-12)10-20-14-8-6-5-7-11(14)9-16/h5-8H,3-4,9-10H2,1-2H3. The van der Waals surface area contributed by atoms with Gasteiger partial charge in [0.25, 0.3) is 0 Å². The Morgan fingerprint density at radius 3 is 2.70 bits per heavy atom. The summed E-state index contributed by atoms with van der Waals surface area (Å²) in [7, 11) is 0. The first-order chi connectivity index (χ1) is 9.71. The van der Waals surface area contributed by atoms with E-state index < -0.39 is 0 Å². The highest BCUT2D eigenvalue weighted by Crippen LogP contribution is 2.25. The Kier molecular flexibility index (Phi) is 5.49. The molecule has 1 aromatic carbocycles. The van der Waals surface area contributed by atoms with E-state index in [-0.39, 0.29) is 0 Å². The Hall–Kier alpha value is -1.000. The molecule has 0 unspecified atom stereocenters. The van der Waals surface area contributed by atoms with Crippen molar-refractivity contribution in [2.75, 3.05) is 0 Å². The topological polar surface area (TPSA) is 27.1 Å². The average molecular weight is 358 g/mol. The number of para-hydroxylation sites is 1. The number of aryl methyl sites for hydroxylation is 2. The molecule has 0 aliphatic rings. The van der Waals surface area contributed by atoms with Crippen molar-refractivity contribution in [2.45, 2.75) is 38.8 Å². The number of nitrogens with zero attached hydrogens (tertiary/aromatic N) is 2. The first-order valence-electron chi connectivity index (χ1n) is 6.71. The zero-order chi connectivity index (χ0) is 14.5. The molecule has 0 amide bonds. The number of ether oxygens (including phenoxy) is 1. The Bertz CT molecular complexity index is 583. The number of benzene rings is 1. The maximum Gasteiger partial charge on any atom is 0.131 e. The monoisotopic (exact) mass is 356 g/mol. The largest absolute Gasteiger partial charge is 0.487 e. The molecule has 0 bridgehead atoms. The Balaban J connectivity index is 2.20. The number of hydrogen-bond acceptors (Lipinski definition) is 2. The molecule has 0 aliphatic carbocycles. The summed E-state index contributed by atoms with van der Waals surface area (Å²) >= 11 is 9.84. The average Bonchev–Trinajstić information content (AvgIpc) is 2.81. The summed E-state index contributed by atoms with van der Waals surface area (Å²) in [5.74, 6) is 0.877. The summed E-state index contributed by atoms with van der Waals surface area (Å²) in [6, 6.07) is 7.98. The summed E-state index contributed by atoms with van der Waals surface area (Å²) in [5, 5.41) is 5.99. The van der Waals surface area contributed by atoms with Crippen molar-refractivity contribution in [2.24, 2.45) is 0 Å². The lowest BCUT2D eigenvalue weighted by Crippen LogP contribution is -2.07. The van der Waals surface area contributed by atoms with Crippen molar-refractivity contribution in [3.8, 4) is 5.75 Å². The minimum atomic E-state index is 0.434. The lowest BCUT2D eigenvalue weighted by atomic mass is 10.2. The second-order valence-electron chi connectivity index (χ2n) is 4.41. The van der Waals surface area contributed by atoms with Gasteiger partial charge in [0.15, 0.2) is 0 Å². The maximum absolute atomic E-state index is 6.38. The summed E-state index contributed by atoms with van der Waals surface area (Å²) < 4.78 is 7.83. The fourth-order valence-corrected chi connectivity index (χ4v) is 2.84. The van der Waals surface area contributed by atoms with Gasteiger partial charge >= 0.3 is 0 Å². The minimum absolute atomic E-state index is 0.434. The van der Waals surface area contributed by atoms with Crippen LogP contribution in [0.5, 0.6) is 5.75 Å². The third-order valence-electron chi connectivity index (χ3n) is 3.18. The van der Waals surface area contributed by atoms with Gasteiger partial charge < -0.3 is 4.74 Å². The molecule has 0 spiro atoms. The van der Waals surface area contributed by atoms with Gasteiger partial charge in [-0.2, -0.15) is 5.10 Å². The molecule has 0 fully saturated rings. The van der Waals surface area contributed by atoms with Crippen LogP contribution in [0.15, 0.2) is 24.3 Å². The van der Waals surface area contributed by atoms with E-state index in [0.29, 0.717) is 6.61 Å². The van der Waals surface area contributed by atoms with Crippen LogP contribution >= 0.6 is 27.5 Å². The van der Waals surface area contributed by atoms with Gasteiger partial charge in [0.05, 0.1) is 16.4 Å². The number of halogens is 2. The number of aromatic nitrogens is 2. The van der Waals surface area contributed by atoms with E-state index in [1.165, 1.54) is 0 Å². The second-order valence-corrected chi connectivity index (χ2v) is 5.35. The number of hydrogen-bond donors (Lipinski definition) is 0. The van der Waals surface area contributed by atoms with E-state index in [9.17, 15) is 0 Å². The summed E-state index contributed by atoms with van der Waals surface area (Å²) in [4.78, 5) is 0. The number of alkyl halides is 1. The Morgan fingerprint density at radius 2 is 2.05 bits per heavy atom. The van der Waals surface area contributed by atoms with E-state index in [1.807, 2.05) is 28.9 Å². The quantitative estimate of drug-likeness (QED) is 0.707. The zero-order valence-corrected chi connectivity index (χ0v) is 14.0. The predicted molar refractivity (Wildman–Crippen MR) is 85.7 cm³/mol. The molecule has 1 aromatic heterocycles. The van der Waals surface area contributed by atoms with E-state index in [2.05, 4.69) is 34.9 Å². The summed E-state index contributed by atoms with van der Waals surface area (Å²) in [6.07, 6.45) is 0.830. The molecule has 0 saturated heterocycles. The summed E-state index contributed by atoms with van der Waals surface area (Å²) in [5.41, 5.74) is 3.00. The van der Waals surface area contributed by atoms with Crippen molar-refractivity contribution < 1.29 is 4.74 Å².